The number of hydrogen-bond donors (Lipinski definition) is 2. The topological polar surface area (TPSA) is 123 Å². The molecule has 8 nitrogen and oxygen atoms in total. The first-order chi connectivity index (χ1) is 18.8. The molecule has 0 radical (unpaired) electrons. The van der Waals surface area contributed by atoms with Crippen molar-refractivity contribution in [2.24, 2.45) is 11.8 Å². The van der Waals surface area contributed by atoms with Crippen molar-refractivity contribution in [1.29, 1.82) is 0 Å². The van der Waals surface area contributed by atoms with Gasteiger partial charge in [0, 0.05) is 17.0 Å². The molecule has 2 aromatic carbocycles. The first-order valence-electron chi connectivity index (χ1n) is 12.7. The number of ether oxygens (including phenoxy) is 1. The Balaban J connectivity index is 1.12. The number of halogens is 2. The first kappa shape index (κ1) is 25.2. The van der Waals surface area contributed by atoms with Gasteiger partial charge in [-0.25, -0.2) is 9.78 Å². The number of carbonyl (C=O) groups is 2. The number of fused-ring (bicyclic) bond motifs is 3. The lowest BCUT2D eigenvalue weighted by molar-refractivity contribution is -0.209. The van der Waals surface area contributed by atoms with Crippen LogP contribution >= 0.6 is 34.5 Å². The summed E-state index contributed by atoms with van der Waals surface area (Å²) in [6.45, 7) is 0.224. The van der Waals surface area contributed by atoms with Crippen molar-refractivity contribution in [2.45, 2.75) is 49.9 Å². The van der Waals surface area contributed by atoms with Crippen LogP contribution in [0.2, 0.25) is 10.0 Å². The lowest BCUT2D eigenvalue weighted by atomic mass is 9.52. The van der Waals surface area contributed by atoms with E-state index in [4.69, 9.17) is 32.5 Å². The van der Waals surface area contributed by atoms with E-state index in [0.29, 0.717) is 55.3 Å². The van der Waals surface area contributed by atoms with Gasteiger partial charge < -0.3 is 19.5 Å². The van der Waals surface area contributed by atoms with E-state index in [9.17, 15) is 19.8 Å². The molecule has 2 heterocycles. The highest BCUT2D eigenvalue weighted by atomic mass is 35.5. The highest BCUT2D eigenvalue weighted by Crippen LogP contribution is 2.58. The Hall–Kier alpha value is -2.82. The molecule has 200 valence electrons. The lowest BCUT2D eigenvalue weighted by Gasteiger charge is -2.55. The monoisotopic (exact) mass is 584 g/mol. The first-order valence-corrected chi connectivity index (χ1v) is 14.3. The van der Waals surface area contributed by atoms with Crippen LogP contribution in [-0.4, -0.2) is 38.2 Å². The smallest absolute Gasteiger partial charge is 0.335 e. The van der Waals surface area contributed by atoms with Crippen LogP contribution in [0.4, 0.5) is 0 Å². The lowest BCUT2D eigenvalue weighted by Crippen LogP contribution is -2.65. The van der Waals surface area contributed by atoms with Gasteiger partial charge in [-0.1, -0.05) is 34.4 Å². The van der Waals surface area contributed by atoms with Crippen LogP contribution in [0.15, 0.2) is 40.9 Å². The summed E-state index contributed by atoms with van der Waals surface area (Å²) in [4.78, 5) is 28.8. The fourth-order valence-corrected chi connectivity index (χ4v) is 7.73. The molecule has 2 N–H and O–H groups in total. The Morgan fingerprint density at radius 1 is 1.15 bits per heavy atom. The van der Waals surface area contributed by atoms with Crippen molar-refractivity contribution < 1.29 is 29.1 Å². The standard InChI is InChI=1S/C28H22Cl2N2O6S/c29-18-2-1-3-19(30)22(18)23-15(25(38-32-23)12-4-5-12)11-37-14-9-16-24(33)17(10-14)28(16,36)27-31-20-7-6-13(26(34)35)8-21(20)39-27/h1-3,6-8,12,14,16-17,36H,4-5,9-11H2,(H,34,35). The maximum absolute atomic E-state index is 12.9. The second-order valence-electron chi connectivity index (χ2n) is 10.5. The molecule has 4 aliphatic carbocycles. The fourth-order valence-electron chi connectivity index (χ4n) is 5.95. The SMILES string of the molecule is O=C(O)c1ccc2nc(C3(O)C4CC(OCc5c(-c6c(Cl)cccc6Cl)noc5C5CC5)CC3C4=O)sc2c1. The van der Waals surface area contributed by atoms with Crippen molar-refractivity contribution in [3.8, 4) is 11.3 Å². The molecule has 0 spiro atoms. The molecule has 0 saturated heterocycles. The van der Waals surface area contributed by atoms with Crippen LogP contribution in [0.5, 0.6) is 0 Å². The summed E-state index contributed by atoms with van der Waals surface area (Å²) in [7, 11) is 0. The third kappa shape index (κ3) is 3.94. The maximum Gasteiger partial charge on any atom is 0.335 e. The third-order valence-corrected chi connectivity index (χ3v) is 9.94. The largest absolute Gasteiger partial charge is 0.478 e. The predicted octanol–water partition coefficient (Wildman–Crippen LogP) is 6.22. The second-order valence-corrected chi connectivity index (χ2v) is 12.3. The number of ketones is 1. The number of hydrogen-bond acceptors (Lipinski definition) is 8. The van der Waals surface area contributed by atoms with E-state index in [1.165, 1.54) is 17.4 Å². The minimum atomic E-state index is -1.38. The van der Waals surface area contributed by atoms with Crippen molar-refractivity contribution in [3.63, 3.8) is 0 Å². The van der Waals surface area contributed by atoms with Gasteiger partial charge in [0.05, 0.1) is 50.4 Å². The van der Waals surface area contributed by atoms with E-state index in [1.54, 1.807) is 30.3 Å². The summed E-state index contributed by atoms with van der Waals surface area (Å²) in [5, 5.41) is 26.7. The van der Waals surface area contributed by atoms with Crippen LogP contribution in [-0.2, 0) is 21.7 Å². The zero-order valence-electron chi connectivity index (χ0n) is 20.4. The van der Waals surface area contributed by atoms with Gasteiger partial charge in [0.25, 0.3) is 0 Å². The average molecular weight is 585 g/mol. The molecule has 0 aliphatic heterocycles. The van der Waals surface area contributed by atoms with Crippen molar-refractivity contribution >= 4 is 56.5 Å². The average Bonchev–Trinajstić information content (AvgIpc) is 3.53. The van der Waals surface area contributed by atoms with Crippen LogP contribution in [0.1, 0.15) is 58.3 Å². The van der Waals surface area contributed by atoms with Crippen LogP contribution < -0.4 is 0 Å². The Labute approximate surface area is 236 Å². The van der Waals surface area contributed by atoms with Gasteiger partial charge in [-0.15, -0.1) is 11.3 Å². The summed E-state index contributed by atoms with van der Waals surface area (Å²) < 4.78 is 12.7. The van der Waals surface area contributed by atoms with E-state index >= 15 is 0 Å². The summed E-state index contributed by atoms with van der Waals surface area (Å²) in [5.41, 5.74) is 1.36. The van der Waals surface area contributed by atoms with E-state index in [1.807, 2.05) is 0 Å². The van der Waals surface area contributed by atoms with E-state index < -0.39 is 23.4 Å². The van der Waals surface area contributed by atoms with Crippen molar-refractivity contribution in [1.82, 2.24) is 10.1 Å². The molecule has 4 aromatic rings. The van der Waals surface area contributed by atoms with Gasteiger partial charge in [0.1, 0.15) is 27.8 Å². The van der Waals surface area contributed by atoms with Crippen molar-refractivity contribution in [2.75, 3.05) is 0 Å². The minimum absolute atomic E-state index is 0.00927. The number of thiazole rings is 1. The van der Waals surface area contributed by atoms with Gasteiger partial charge in [-0.3, -0.25) is 4.79 Å². The fraction of sp³-hybridized carbons (Fsp3) is 0.357. The highest BCUT2D eigenvalue weighted by Gasteiger charge is 2.67. The molecule has 11 heteroatoms. The van der Waals surface area contributed by atoms with Crippen molar-refractivity contribution in [3.05, 3.63) is 68.3 Å². The quantitative estimate of drug-likeness (QED) is 0.262. The summed E-state index contributed by atoms with van der Waals surface area (Å²) in [6.07, 6.45) is 2.50. The second kappa shape index (κ2) is 9.11. The molecule has 2 unspecified atom stereocenters. The van der Waals surface area contributed by atoms with Gasteiger partial charge in [0.15, 0.2) is 0 Å². The molecule has 4 fully saturated rings. The normalized spacial score (nSPS) is 26.1. The summed E-state index contributed by atoms with van der Waals surface area (Å²) in [6, 6.07) is 9.94. The molecule has 2 atom stereocenters. The van der Waals surface area contributed by atoms with Gasteiger partial charge in [-0.05, 0) is 56.0 Å². The number of benzene rings is 2. The maximum atomic E-state index is 12.9. The number of carboxylic acids is 1. The van der Waals surface area contributed by atoms with Gasteiger partial charge >= 0.3 is 5.97 Å². The van der Waals surface area contributed by atoms with E-state index in [0.717, 1.165) is 24.2 Å². The molecule has 4 saturated carbocycles. The Kier molecular flexibility index (Phi) is 5.88. The molecular formula is C28H22Cl2N2O6S. The highest BCUT2D eigenvalue weighted by molar-refractivity contribution is 7.18. The Bertz CT molecular complexity index is 1620. The van der Waals surface area contributed by atoms with E-state index in [-0.39, 0.29) is 24.1 Å². The molecular weight excluding hydrogens is 563 g/mol. The number of rotatable bonds is 7. The zero-order chi connectivity index (χ0) is 27.1. The number of carboxylic acid groups (broad SMARTS) is 1. The number of aliphatic hydroxyl groups is 1. The number of nitrogens with zero attached hydrogens (tertiary/aromatic N) is 2. The Morgan fingerprint density at radius 2 is 1.87 bits per heavy atom. The number of aromatic nitrogens is 2. The van der Waals surface area contributed by atoms with Crippen LogP contribution in [0.3, 0.4) is 0 Å². The molecule has 0 amide bonds. The minimum Gasteiger partial charge on any atom is -0.478 e. The van der Waals surface area contributed by atoms with E-state index in [2.05, 4.69) is 10.1 Å². The zero-order valence-corrected chi connectivity index (χ0v) is 22.7. The number of aromatic carboxylic acids is 1. The molecule has 4 aliphatic rings. The Morgan fingerprint density at radius 3 is 2.54 bits per heavy atom. The molecule has 39 heavy (non-hydrogen) atoms. The van der Waals surface area contributed by atoms with Crippen LogP contribution in [0.25, 0.3) is 21.5 Å². The molecule has 2 aromatic heterocycles. The van der Waals surface area contributed by atoms with Crippen LogP contribution in [0, 0.1) is 11.8 Å². The third-order valence-electron chi connectivity index (χ3n) is 8.15. The molecule has 8 rings (SSSR count). The van der Waals surface area contributed by atoms with Gasteiger partial charge in [0.2, 0.25) is 0 Å². The summed E-state index contributed by atoms with van der Waals surface area (Å²) in [5.74, 6) is -1.22. The molecule has 2 bridgehead atoms. The number of Topliss-reactive ketones (excluding diaryl/α,β-unsaturated/α-hetero) is 1. The predicted molar refractivity (Wildman–Crippen MR) is 144 cm³/mol. The number of carbonyl (C=O) groups excluding carboxylic acids is 1. The van der Waals surface area contributed by atoms with Gasteiger partial charge in [-0.2, -0.15) is 0 Å². The summed E-state index contributed by atoms with van der Waals surface area (Å²) >= 11 is 14.2.